The number of carbonyl (C=O) groups is 1. The van der Waals surface area contributed by atoms with E-state index in [1.807, 2.05) is 4.90 Å². The van der Waals surface area contributed by atoms with Gasteiger partial charge in [0.2, 0.25) is 5.95 Å². The van der Waals surface area contributed by atoms with Gasteiger partial charge in [-0.3, -0.25) is 4.79 Å². The molecule has 34 heavy (non-hydrogen) atoms. The molecule has 3 heterocycles. The zero-order valence-corrected chi connectivity index (χ0v) is 18.1. The number of hydrogen-bond donors (Lipinski definition) is 3. The minimum atomic E-state index is -4.71. The molecule has 0 aliphatic carbocycles. The smallest absolute Gasteiger partial charge is 0.418 e. The van der Waals surface area contributed by atoms with Crippen LogP contribution in [0.15, 0.2) is 43.0 Å². The second-order valence-electron chi connectivity index (χ2n) is 7.26. The van der Waals surface area contributed by atoms with Gasteiger partial charge in [-0.05, 0) is 24.3 Å². The number of rotatable bonds is 6. The predicted octanol–water partition coefficient (Wildman–Crippen LogP) is 2.70. The topological polar surface area (TPSA) is 117 Å². The van der Waals surface area contributed by atoms with E-state index in [0.717, 1.165) is 19.2 Å². The average Bonchev–Trinajstić information content (AvgIpc) is 2.85. The number of piperazine rings is 1. The lowest BCUT2D eigenvalue weighted by Crippen LogP contribution is -2.44. The van der Waals surface area contributed by atoms with Crippen molar-refractivity contribution >= 4 is 29.0 Å². The van der Waals surface area contributed by atoms with Crippen molar-refractivity contribution in [1.82, 2.24) is 25.3 Å². The Hall–Kier alpha value is -4.00. The fraction of sp³-hybridized carbons (Fsp3) is 0.286. The van der Waals surface area contributed by atoms with Crippen molar-refractivity contribution in [2.45, 2.75) is 6.18 Å². The lowest BCUT2D eigenvalue weighted by atomic mass is 10.1. The van der Waals surface area contributed by atoms with E-state index in [-0.39, 0.29) is 28.6 Å². The summed E-state index contributed by atoms with van der Waals surface area (Å²) in [5.74, 6) is 0.00362. The summed E-state index contributed by atoms with van der Waals surface area (Å²) < 4.78 is 46.9. The van der Waals surface area contributed by atoms with E-state index in [4.69, 9.17) is 4.74 Å². The van der Waals surface area contributed by atoms with Gasteiger partial charge in [-0.15, -0.1) is 0 Å². The number of benzene rings is 1. The van der Waals surface area contributed by atoms with Crippen LogP contribution in [0, 0.1) is 0 Å². The number of nitrogens with one attached hydrogen (secondary N) is 3. The maximum atomic E-state index is 13.9. The van der Waals surface area contributed by atoms with Crippen molar-refractivity contribution in [3.05, 3.63) is 54.2 Å². The molecule has 0 atom stereocenters. The Morgan fingerprint density at radius 2 is 1.97 bits per heavy atom. The molecule has 10 nitrogen and oxygen atoms in total. The summed E-state index contributed by atoms with van der Waals surface area (Å²) in [5, 5.41) is 8.35. The number of halogens is 3. The molecule has 13 heteroatoms. The summed E-state index contributed by atoms with van der Waals surface area (Å²) in [6, 6.07) is 4.76. The zero-order valence-electron chi connectivity index (χ0n) is 18.1. The summed E-state index contributed by atoms with van der Waals surface area (Å²) in [7, 11) is 1.38. The third kappa shape index (κ3) is 5.31. The molecule has 4 rings (SSSR count). The van der Waals surface area contributed by atoms with Gasteiger partial charge in [-0.25, -0.2) is 15.0 Å². The van der Waals surface area contributed by atoms with Crippen molar-refractivity contribution in [3.63, 3.8) is 0 Å². The number of anilines is 4. The summed E-state index contributed by atoms with van der Waals surface area (Å²) in [6.07, 6.45) is -0.761. The van der Waals surface area contributed by atoms with Crippen LogP contribution in [-0.4, -0.2) is 59.1 Å². The van der Waals surface area contributed by atoms with Gasteiger partial charge in [-0.1, -0.05) is 0 Å². The molecule has 0 spiro atoms. The second kappa shape index (κ2) is 9.87. The van der Waals surface area contributed by atoms with Crippen LogP contribution >= 0.6 is 0 Å². The minimum absolute atomic E-state index is 0.0249. The molecule has 0 bridgehead atoms. The van der Waals surface area contributed by atoms with Gasteiger partial charge < -0.3 is 25.6 Å². The lowest BCUT2D eigenvalue weighted by Gasteiger charge is -2.27. The Kier molecular flexibility index (Phi) is 6.72. The van der Waals surface area contributed by atoms with Crippen molar-refractivity contribution < 1.29 is 22.7 Å². The molecule has 1 amide bonds. The van der Waals surface area contributed by atoms with Crippen LogP contribution in [0.4, 0.5) is 36.3 Å². The van der Waals surface area contributed by atoms with E-state index in [9.17, 15) is 18.0 Å². The van der Waals surface area contributed by atoms with Gasteiger partial charge in [0.05, 0.1) is 24.6 Å². The molecule has 1 aliphatic rings. The number of nitrogens with zero attached hydrogens (tertiary/aromatic N) is 5. The van der Waals surface area contributed by atoms with Crippen molar-refractivity contribution in [2.75, 3.05) is 48.8 Å². The quantitative estimate of drug-likeness (QED) is 0.496. The molecule has 1 saturated heterocycles. The summed E-state index contributed by atoms with van der Waals surface area (Å²) in [5.41, 5.74) is -1.26. The molecule has 2 aromatic heterocycles. The van der Waals surface area contributed by atoms with Gasteiger partial charge in [0, 0.05) is 38.1 Å². The number of methoxy groups -OCH3 is 1. The first-order chi connectivity index (χ1) is 16.3. The molecule has 3 N–H and O–H groups in total. The van der Waals surface area contributed by atoms with Gasteiger partial charge in [0.1, 0.15) is 12.0 Å². The maximum absolute atomic E-state index is 13.9. The van der Waals surface area contributed by atoms with Crippen LogP contribution in [0.2, 0.25) is 0 Å². The van der Waals surface area contributed by atoms with Crippen LogP contribution < -0.4 is 25.6 Å². The molecule has 1 aliphatic heterocycles. The van der Waals surface area contributed by atoms with E-state index in [0.29, 0.717) is 19.0 Å². The standard InChI is InChI=1S/C21H21F3N8O2/c1-34-17-11-27-20(32-8-6-25-7-9-32)31-18(17)30-15-3-2-13(10-14(15)21(22,23)24)29-19(33)16-4-5-26-12-28-16/h2-5,10-12,25H,6-9H2,1H3,(H,29,33)(H,27,30,31). The van der Waals surface area contributed by atoms with Gasteiger partial charge in [0.15, 0.2) is 11.6 Å². The minimum Gasteiger partial charge on any atom is -0.491 e. The Bertz CT molecular complexity index is 1150. The Morgan fingerprint density at radius 1 is 1.18 bits per heavy atom. The van der Waals surface area contributed by atoms with E-state index >= 15 is 0 Å². The molecular weight excluding hydrogens is 453 g/mol. The van der Waals surface area contributed by atoms with Crippen LogP contribution in [0.1, 0.15) is 16.1 Å². The Balaban J connectivity index is 1.63. The zero-order chi connectivity index (χ0) is 24.1. The Labute approximate surface area is 192 Å². The number of ether oxygens (including phenoxy) is 1. The highest BCUT2D eigenvalue weighted by atomic mass is 19.4. The Morgan fingerprint density at radius 3 is 2.65 bits per heavy atom. The summed E-state index contributed by atoms with van der Waals surface area (Å²) in [4.78, 5) is 30.4. The number of amides is 1. The third-order valence-corrected chi connectivity index (χ3v) is 5.01. The van der Waals surface area contributed by atoms with E-state index in [2.05, 4.69) is 35.9 Å². The third-order valence-electron chi connectivity index (χ3n) is 5.01. The van der Waals surface area contributed by atoms with E-state index in [1.165, 1.54) is 44.0 Å². The molecule has 3 aromatic rings. The molecule has 0 radical (unpaired) electrons. The van der Waals surface area contributed by atoms with Crippen LogP contribution in [0.3, 0.4) is 0 Å². The highest BCUT2D eigenvalue weighted by Gasteiger charge is 2.34. The highest BCUT2D eigenvalue weighted by Crippen LogP contribution is 2.39. The molecular formula is C21H21F3N8O2. The van der Waals surface area contributed by atoms with Gasteiger partial charge in [-0.2, -0.15) is 18.2 Å². The first-order valence-electron chi connectivity index (χ1n) is 10.3. The molecule has 1 fully saturated rings. The van der Waals surface area contributed by atoms with Gasteiger partial charge >= 0.3 is 6.18 Å². The van der Waals surface area contributed by atoms with Crippen LogP contribution in [-0.2, 0) is 6.18 Å². The first-order valence-corrected chi connectivity index (χ1v) is 10.3. The largest absolute Gasteiger partial charge is 0.491 e. The summed E-state index contributed by atoms with van der Waals surface area (Å²) in [6.45, 7) is 2.83. The van der Waals surface area contributed by atoms with Gasteiger partial charge in [0.25, 0.3) is 5.91 Å². The SMILES string of the molecule is COc1cnc(N2CCNCC2)nc1Nc1ccc(NC(=O)c2ccncn2)cc1C(F)(F)F. The van der Waals surface area contributed by atoms with Crippen molar-refractivity contribution in [3.8, 4) is 5.75 Å². The van der Waals surface area contributed by atoms with E-state index < -0.39 is 17.6 Å². The molecule has 178 valence electrons. The fourth-order valence-corrected chi connectivity index (χ4v) is 3.33. The number of carbonyl (C=O) groups excluding carboxylic acids is 1. The molecule has 0 unspecified atom stereocenters. The second-order valence-corrected chi connectivity index (χ2v) is 7.26. The first kappa shape index (κ1) is 23.2. The average molecular weight is 474 g/mol. The van der Waals surface area contributed by atoms with Crippen molar-refractivity contribution in [2.24, 2.45) is 0 Å². The number of aromatic nitrogens is 4. The number of alkyl halides is 3. The van der Waals surface area contributed by atoms with Crippen LogP contribution in [0.25, 0.3) is 0 Å². The molecule has 0 saturated carbocycles. The predicted molar refractivity (Wildman–Crippen MR) is 118 cm³/mol. The van der Waals surface area contributed by atoms with E-state index in [1.54, 1.807) is 0 Å². The fourth-order valence-electron chi connectivity index (χ4n) is 3.33. The monoisotopic (exact) mass is 474 g/mol. The number of hydrogen-bond acceptors (Lipinski definition) is 9. The highest BCUT2D eigenvalue weighted by molar-refractivity contribution is 6.02. The van der Waals surface area contributed by atoms with Crippen LogP contribution in [0.5, 0.6) is 5.75 Å². The lowest BCUT2D eigenvalue weighted by molar-refractivity contribution is -0.136. The van der Waals surface area contributed by atoms with Crippen molar-refractivity contribution in [1.29, 1.82) is 0 Å². The summed E-state index contributed by atoms with van der Waals surface area (Å²) >= 11 is 0. The molecule has 1 aromatic carbocycles. The normalized spacial score (nSPS) is 13.9. The maximum Gasteiger partial charge on any atom is 0.418 e.